The van der Waals surface area contributed by atoms with Crippen molar-refractivity contribution in [3.63, 3.8) is 0 Å². The summed E-state index contributed by atoms with van der Waals surface area (Å²) in [6.07, 6.45) is 1.63. The average Bonchev–Trinajstić information content (AvgIpc) is 2.73. The molecular formula is C13H12ClN5S. The normalized spacial score (nSPS) is 10.9. The van der Waals surface area contributed by atoms with Crippen molar-refractivity contribution in [3.05, 3.63) is 40.5 Å². The first kappa shape index (κ1) is 13.1. The van der Waals surface area contributed by atoms with Crippen molar-refractivity contribution in [2.75, 3.05) is 11.9 Å². The van der Waals surface area contributed by atoms with Crippen LogP contribution in [0.3, 0.4) is 0 Å². The second-order valence-electron chi connectivity index (χ2n) is 4.43. The molecule has 1 aromatic carbocycles. The highest BCUT2D eigenvalue weighted by atomic mass is 35.5. The standard InChI is InChI=1S/C13H12ClN5S/c1-18(11-5-6-15-12(14)17-11)8-3-4-10-9(7-8)16-13(20)19(10)2/h3-7H,1-2H3,(H,16,20). The van der Waals surface area contributed by atoms with Crippen LogP contribution in [0.5, 0.6) is 0 Å². The molecule has 0 aliphatic heterocycles. The van der Waals surface area contributed by atoms with Crippen LogP contribution in [0.2, 0.25) is 5.28 Å². The van der Waals surface area contributed by atoms with Crippen LogP contribution < -0.4 is 4.90 Å². The van der Waals surface area contributed by atoms with Crippen molar-refractivity contribution in [2.45, 2.75) is 0 Å². The van der Waals surface area contributed by atoms with Gasteiger partial charge in [0.25, 0.3) is 0 Å². The summed E-state index contributed by atoms with van der Waals surface area (Å²) in [5, 5.41) is 0.231. The number of rotatable bonds is 2. The number of aromatic nitrogens is 4. The van der Waals surface area contributed by atoms with Gasteiger partial charge in [-0.1, -0.05) is 0 Å². The molecular weight excluding hydrogens is 294 g/mol. The molecule has 0 saturated heterocycles. The van der Waals surface area contributed by atoms with Gasteiger partial charge in [0.05, 0.1) is 11.0 Å². The summed E-state index contributed by atoms with van der Waals surface area (Å²) in [7, 11) is 3.87. The number of anilines is 2. The lowest BCUT2D eigenvalue weighted by atomic mass is 10.2. The fourth-order valence-electron chi connectivity index (χ4n) is 2.08. The van der Waals surface area contributed by atoms with E-state index in [2.05, 4.69) is 15.0 Å². The second-order valence-corrected chi connectivity index (χ2v) is 5.16. The first-order valence-corrected chi connectivity index (χ1v) is 6.76. The summed E-state index contributed by atoms with van der Waals surface area (Å²) in [6, 6.07) is 7.88. The Labute approximate surface area is 125 Å². The van der Waals surface area contributed by atoms with E-state index in [0.717, 1.165) is 22.5 Å². The molecule has 0 spiro atoms. The third kappa shape index (κ3) is 2.17. The Bertz CT molecular complexity index is 838. The fourth-order valence-corrected chi connectivity index (χ4v) is 2.43. The van der Waals surface area contributed by atoms with Crippen molar-refractivity contribution in [2.24, 2.45) is 7.05 Å². The first-order valence-electron chi connectivity index (χ1n) is 5.97. The minimum atomic E-state index is 0.231. The largest absolute Gasteiger partial charge is 0.331 e. The number of aromatic amines is 1. The summed E-state index contributed by atoms with van der Waals surface area (Å²) < 4.78 is 2.64. The molecule has 5 nitrogen and oxygen atoms in total. The number of benzene rings is 1. The Hall–Kier alpha value is -1.92. The van der Waals surface area contributed by atoms with E-state index in [9.17, 15) is 0 Å². The number of H-pyrrole nitrogens is 1. The van der Waals surface area contributed by atoms with E-state index in [1.165, 1.54) is 0 Å². The molecule has 0 aliphatic carbocycles. The van der Waals surface area contributed by atoms with Gasteiger partial charge in [-0.3, -0.25) is 0 Å². The highest BCUT2D eigenvalue weighted by Gasteiger charge is 2.09. The molecule has 0 unspecified atom stereocenters. The lowest BCUT2D eigenvalue weighted by Crippen LogP contribution is -2.11. The molecule has 2 aromatic heterocycles. The quantitative estimate of drug-likeness (QED) is 0.582. The maximum atomic E-state index is 5.82. The monoisotopic (exact) mass is 305 g/mol. The third-order valence-electron chi connectivity index (χ3n) is 3.23. The highest BCUT2D eigenvalue weighted by molar-refractivity contribution is 7.71. The molecule has 2 heterocycles. The summed E-state index contributed by atoms with van der Waals surface area (Å²) in [6.45, 7) is 0. The van der Waals surface area contributed by atoms with Crippen LogP contribution in [0, 0.1) is 4.77 Å². The van der Waals surface area contributed by atoms with E-state index in [1.54, 1.807) is 6.20 Å². The zero-order valence-electron chi connectivity index (χ0n) is 11.0. The predicted octanol–water partition coefficient (Wildman–Crippen LogP) is 3.45. The van der Waals surface area contributed by atoms with Crippen molar-refractivity contribution >= 4 is 46.4 Å². The molecule has 102 valence electrons. The van der Waals surface area contributed by atoms with Crippen molar-refractivity contribution in [1.82, 2.24) is 19.5 Å². The van der Waals surface area contributed by atoms with E-state index >= 15 is 0 Å². The minimum absolute atomic E-state index is 0.231. The molecule has 3 rings (SSSR count). The molecule has 1 N–H and O–H groups in total. The van der Waals surface area contributed by atoms with Crippen LogP contribution in [0.15, 0.2) is 30.5 Å². The van der Waals surface area contributed by atoms with Gasteiger partial charge in [0.2, 0.25) is 5.28 Å². The van der Waals surface area contributed by atoms with Gasteiger partial charge in [0.15, 0.2) is 4.77 Å². The van der Waals surface area contributed by atoms with E-state index < -0.39 is 0 Å². The van der Waals surface area contributed by atoms with Gasteiger partial charge >= 0.3 is 0 Å². The summed E-state index contributed by atoms with van der Waals surface area (Å²) >= 11 is 11.1. The van der Waals surface area contributed by atoms with Crippen LogP contribution in [0.25, 0.3) is 11.0 Å². The van der Waals surface area contributed by atoms with E-state index in [0.29, 0.717) is 4.77 Å². The smallest absolute Gasteiger partial charge is 0.224 e. The zero-order chi connectivity index (χ0) is 14.3. The number of fused-ring (bicyclic) bond motifs is 1. The molecule has 0 amide bonds. The zero-order valence-corrected chi connectivity index (χ0v) is 12.5. The Balaban J connectivity index is 2.08. The lowest BCUT2D eigenvalue weighted by molar-refractivity contribution is 0.927. The lowest BCUT2D eigenvalue weighted by Gasteiger charge is -2.18. The van der Waals surface area contributed by atoms with E-state index in [1.807, 2.05) is 47.8 Å². The fraction of sp³-hybridized carbons (Fsp3) is 0.154. The Morgan fingerprint density at radius 2 is 2.15 bits per heavy atom. The minimum Gasteiger partial charge on any atom is -0.331 e. The number of aryl methyl sites for hydroxylation is 1. The Kier molecular flexibility index (Phi) is 3.19. The predicted molar refractivity (Wildman–Crippen MR) is 83.2 cm³/mol. The van der Waals surface area contributed by atoms with Gasteiger partial charge in [-0.25, -0.2) is 9.97 Å². The summed E-state index contributed by atoms with van der Waals surface area (Å²) in [5.74, 6) is 0.735. The molecule has 0 saturated carbocycles. The van der Waals surface area contributed by atoms with Crippen molar-refractivity contribution in [1.29, 1.82) is 0 Å². The third-order valence-corrected chi connectivity index (χ3v) is 3.79. The van der Waals surface area contributed by atoms with Crippen molar-refractivity contribution < 1.29 is 0 Å². The summed E-state index contributed by atoms with van der Waals surface area (Å²) in [4.78, 5) is 13.2. The number of nitrogens with zero attached hydrogens (tertiary/aromatic N) is 4. The van der Waals surface area contributed by atoms with Gasteiger partial charge < -0.3 is 14.5 Å². The number of hydrogen-bond acceptors (Lipinski definition) is 4. The van der Waals surface area contributed by atoms with Crippen LogP contribution in [-0.4, -0.2) is 26.6 Å². The molecule has 0 fully saturated rings. The Morgan fingerprint density at radius 3 is 2.90 bits per heavy atom. The van der Waals surface area contributed by atoms with Gasteiger partial charge in [-0.15, -0.1) is 0 Å². The molecule has 0 aliphatic rings. The van der Waals surface area contributed by atoms with E-state index in [4.69, 9.17) is 23.8 Å². The van der Waals surface area contributed by atoms with Gasteiger partial charge in [-0.2, -0.15) is 0 Å². The average molecular weight is 306 g/mol. The molecule has 0 bridgehead atoms. The highest BCUT2D eigenvalue weighted by Crippen LogP contribution is 2.25. The number of hydrogen-bond donors (Lipinski definition) is 1. The second kappa shape index (κ2) is 4.88. The maximum Gasteiger partial charge on any atom is 0.224 e. The summed E-state index contributed by atoms with van der Waals surface area (Å²) in [5.41, 5.74) is 3.04. The van der Waals surface area contributed by atoms with Crippen molar-refractivity contribution in [3.8, 4) is 0 Å². The molecule has 0 radical (unpaired) electrons. The molecule has 0 atom stereocenters. The molecule has 3 aromatic rings. The van der Waals surface area contributed by atoms with Crippen LogP contribution in [-0.2, 0) is 7.05 Å². The maximum absolute atomic E-state index is 5.82. The number of nitrogens with one attached hydrogen (secondary N) is 1. The number of imidazole rings is 1. The topological polar surface area (TPSA) is 49.7 Å². The molecule has 7 heteroatoms. The molecule has 20 heavy (non-hydrogen) atoms. The van der Waals surface area contributed by atoms with E-state index in [-0.39, 0.29) is 5.28 Å². The Morgan fingerprint density at radius 1 is 1.35 bits per heavy atom. The van der Waals surface area contributed by atoms with Gasteiger partial charge in [0.1, 0.15) is 5.82 Å². The van der Waals surface area contributed by atoms with Crippen LogP contribution in [0.1, 0.15) is 0 Å². The van der Waals surface area contributed by atoms with Crippen LogP contribution in [0.4, 0.5) is 11.5 Å². The van der Waals surface area contributed by atoms with Crippen LogP contribution >= 0.6 is 23.8 Å². The first-order chi connectivity index (χ1) is 9.56. The number of halogens is 1. The van der Waals surface area contributed by atoms with Gasteiger partial charge in [0, 0.05) is 26.0 Å². The SMILES string of the molecule is CN(c1ccc2c(c1)[nH]c(=S)n2C)c1ccnc(Cl)n1. The van der Waals surface area contributed by atoms with Gasteiger partial charge in [-0.05, 0) is 48.1 Å².